The number of rotatable bonds is 2. The summed E-state index contributed by atoms with van der Waals surface area (Å²) in [6, 6.07) is 7.44. The SMILES string of the molecule is CC1(C)CCCC(NC2CCOc3ccc(Br)cc32)C1. The minimum atomic E-state index is 0.440. The Morgan fingerprint density at radius 3 is 2.95 bits per heavy atom. The van der Waals surface area contributed by atoms with E-state index in [0.29, 0.717) is 17.5 Å². The van der Waals surface area contributed by atoms with E-state index in [4.69, 9.17) is 4.74 Å². The lowest BCUT2D eigenvalue weighted by atomic mass is 9.75. The number of ether oxygens (including phenoxy) is 1. The summed E-state index contributed by atoms with van der Waals surface area (Å²) in [4.78, 5) is 0. The van der Waals surface area contributed by atoms with Crippen LogP contribution in [0, 0.1) is 5.41 Å². The molecule has 3 heteroatoms. The highest BCUT2D eigenvalue weighted by Gasteiger charge is 2.31. The van der Waals surface area contributed by atoms with Crippen molar-refractivity contribution in [2.45, 2.75) is 58.0 Å². The molecule has 1 N–H and O–H groups in total. The molecule has 1 aliphatic heterocycles. The van der Waals surface area contributed by atoms with E-state index in [1.807, 2.05) is 0 Å². The maximum Gasteiger partial charge on any atom is 0.124 e. The predicted octanol–water partition coefficient (Wildman–Crippen LogP) is 4.83. The van der Waals surface area contributed by atoms with Crippen molar-refractivity contribution in [3.05, 3.63) is 28.2 Å². The minimum absolute atomic E-state index is 0.440. The molecule has 1 saturated carbocycles. The van der Waals surface area contributed by atoms with Crippen LogP contribution in [0.25, 0.3) is 0 Å². The maximum atomic E-state index is 5.78. The van der Waals surface area contributed by atoms with Crippen LogP contribution in [-0.2, 0) is 0 Å². The smallest absolute Gasteiger partial charge is 0.124 e. The fourth-order valence-electron chi connectivity index (χ4n) is 3.66. The summed E-state index contributed by atoms with van der Waals surface area (Å²) in [5.41, 5.74) is 1.80. The number of nitrogens with one attached hydrogen (secondary N) is 1. The normalized spacial score (nSPS) is 28.6. The highest BCUT2D eigenvalue weighted by molar-refractivity contribution is 9.10. The van der Waals surface area contributed by atoms with Crippen LogP contribution in [-0.4, -0.2) is 12.6 Å². The zero-order valence-electron chi connectivity index (χ0n) is 12.4. The molecule has 1 aliphatic carbocycles. The first-order valence-corrected chi connectivity index (χ1v) is 8.51. The Bertz CT molecular complexity index is 486. The van der Waals surface area contributed by atoms with Crippen molar-refractivity contribution in [3.8, 4) is 5.75 Å². The van der Waals surface area contributed by atoms with Gasteiger partial charge >= 0.3 is 0 Å². The third-order valence-corrected chi connectivity index (χ3v) is 5.15. The summed E-state index contributed by atoms with van der Waals surface area (Å²) >= 11 is 3.58. The van der Waals surface area contributed by atoms with E-state index in [-0.39, 0.29) is 0 Å². The Labute approximate surface area is 130 Å². The van der Waals surface area contributed by atoms with Crippen molar-refractivity contribution in [2.24, 2.45) is 5.41 Å². The van der Waals surface area contributed by atoms with Gasteiger partial charge in [-0.2, -0.15) is 0 Å². The van der Waals surface area contributed by atoms with E-state index in [1.165, 1.54) is 31.2 Å². The molecule has 2 atom stereocenters. The highest BCUT2D eigenvalue weighted by Crippen LogP contribution is 2.38. The number of halogens is 1. The second kappa shape index (κ2) is 5.69. The van der Waals surface area contributed by atoms with Crippen molar-refractivity contribution in [1.29, 1.82) is 0 Å². The van der Waals surface area contributed by atoms with Gasteiger partial charge in [-0.3, -0.25) is 0 Å². The van der Waals surface area contributed by atoms with Gasteiger partial charge in [0.2, 0.25) is 0 Å². The van der Waals surface area contributed by atoms with Crippen LogP contribution in [0.5, 0.6) is 5.75 Å². The van der Waals surface area contributed by atoms with Crippen molar-refractivity contribution in [2.75, 3.05) is 6.61 Å². The van der Waals surface area contributed by atoms with Gasteiger partial charge in [-0.05, 0) is 42.9 Å². The Morgan fingerprint density at radius 1 is 1.30 bits per heavy atom. The molecular formula is C17H24BrNO. The van der Waals surface area contributed by atoms with Gasteiger partial charge in [-0.25, -0.2) is 0 Å². The molecule has 0 saturated heterocycles. The van der Waals surface area contributed by atoms with Crippen molar-refractivity contribution < 1.29 is 4.74 Å². The fraction of sp³-hybridized carbons (Fsp3) is 0.647. The molecule has 3 rings (SSSR count). The van der Waals surface area contributed by atoms with Gasteiger partial charge in [-0.15, -0.1) is 0 Å². The third kappa shape index (κ3) is 3.20. The quantitative estimate of drug-likeness (QED) is 0.834. The van der Waals surface area contributed by atoms with Gasteiger partial charge in [0.1, 0.15) is 5.75 Å². The largest absolute Gasteiger partial charge is 0.493 e. The lowest BCUT2D eigenvalue weighted by Crippen LogP contribution is -2.40. The number of benzene rings is 1. The molecule has 1 fully saturated rings. The van der Waals surface area contributed by atoms with E-state index in [9.17, 15) is 0 Å². The van der Waals surface area contributed by atoms with Crippen LogP contribution < -0.4 is 10.1 Å². The van der Waals surface area contributed by atoms with Crippen LogP contribution in [0.15, 0.2) is 22.7 Å². The molecule has 1 aromatic rings. The summed E-state index contributed by atoms with van der Waals surface area (Å²) in [7, 11) is 0. The van der Waals surface area contributed by atoms with Gasteiger partial charge in [0.15, 0.2) is 0 Å². The van der Waals surface area contributed by atoms with E-state index in [1.54, 1.807) is 0 Å². The summed E-state index contributed by atoms with van der Waals surface area (Å²) in [5.74, 6) is 1.05. The average Bonchev–Trinajstić information content (AvgIpc) is 2.38. The highest BCUT2D eigenvalue weighted by atomic mass is 79.9. The standard InChI is InChI=1S/C17H24BrNO/c1-17(2)8-3-4-13(11-17)19-15-7-9-20-16-6-5-12(18)10-14(15)16/h5-6,10,13,15,19H,3-4,7-9,11H2,1-2H3. The summed E-state index contributed by atoms with van der Waals surface area (Å²) < 4.78 is 6.91. The molecule has 20 heavy (non-hydrogen) atoms. The van der Waals surface area contributed by atoms with Gasteiger partial charge in [0.25, 0.3) is 0 Å². The number of hydrogen-bond donors (Lipinski definition) is 1. The van der Waals surface area contributed by atoms with Crippen LogP contribution in [0.3, 0.4) is 0 Å². The minimum Gasteiger partial charge on any atom is -0.493 e. The molecule has 2 nitrogen and oxygen atoms in total. The first kappa shape index (κ1) is 14.4. The van der Waals surface area contributed by atoms with Crippen LogP contribution in [0.4, 0.5) is 0 Å². The van der Waals surface area contributed by atoms with Crippen molar-refractivity contribution in [3.63, 3.8) is 0 Å². The molecular weight excluding hydrogens is 314 g/mol. The number of hydrogen-bond acceptors (Lipinski definition) is 2. The van der Waals surface area contributed by atoms with E-state index in [2.05, 4.69) is 53.3 Å². The van der Waals surface area contributed by atoms with Crippen molar-refractivity contribution >= 4 is 15.9 Å². The Hall–Kier alpha value is -0.540. The fourth-order valence-corrected chi connectivity index (χ4v) is 4.04. The number of fused-ring (bicyclic) bond motifs is 1. The lowest BCUT2D eigenvalue weighted by Gasteiger charge is -2.38. The van der Waals surface area contributed by atoms with E-state index < -0.39 is 0 Å². The summed E-state index contributed by atoms with van der Waals surface area (Å²) in [6.07, 6.45) is 6.37. The predicted molar refractivity (Wildman–Crippen MR) is 86.2 cm³/mol. The van der Waals surface area contributed by atoms with Gasteiger partial charge in [0, 0.05) is 28.5 Å². The molecule has 110 valence electrons. The maximum absolute atomic E-state index is 5.78. The summed E-state index contributed by atoms with van der Waals surface area (Å²) in [5, 5.41) is 3.90. The molecule has 0 amide bonds. The van der Waals surface area contributed by atoms with Crippen molar-refractivity contribution in [1.82, 2.24) is 5.32 Å². The molecule has 2 aliphatic rings. The Balaban J connectivity index is 1.74. The van der Waals surface area contributed by atoms with Crippen LogP contribution >= 0.6 is 15.9 Å². The molecule has 2 unspecified atom stereocenters. The van der Waals surface area contributed by atoms with Gasteiger partial charge < -0.3 is 10.1 Å². The third-order valence-electron chi connectivity index (χ3n) is 4.65. The second-order valence-corrected chi connectivity index (χ2v) is 7.91. The van der Waals surface area contributed by atoms with Crippen LogP contribution in [0.2, 0.25) is 0 Å². The zero-order valence-corrected chi connectivity index (χ0v) is 14.0. The average molecular weight is 338 g/mol. The first-order chi connectivity index (χ1) is 9.53. The summed E-state index contributed by atoms with van der Waals surface area (Å²) in [6.45, 7) is 5.62. The molecule has 0 spiro atoms. The van der Waals surface area contributed by atoms with Gasteiger partial charge in [-0.1, -0.05) is 36.2 Å². The molecule has 0 aromatic heterocycles. The second-order valence-electron chi connectivity index (χ2n) is 7.00. The molecule has 0 bridgehead atoms. The monoisotopic (exact) mass is 337 g/mol. The van der Waals surface area contributed by atoms with E-state index >= 15 is 0 Å². The lowest BCUT2D eigenvalue weighted by molar-refractivity contribution is 0.173. The molecule has 1 heterocycles. The van der Waals surface area contributed by atoms with Gasteiger partial charge in [0.05, 0.1) is 6.61 Å². The van der Waals surface area contributed by atoms with E-state index in [0.717, 1.165) is 23.2 Å². The Kier molecular flexibility index (Phi) is 4.09. The molecule has 0 radical (unpaired) electrons. The van der Waals surface area contributed by atoms with Crippen LogP contribution in [0.1, 0.15) is 57.6 Å². The molecule has 1 aromatic carbocycles. The first-order valence-electron chi connectivity index (χ1n) is 7.72. The zero-order chi connectivity index (χ0) is 14.2. The topological polar surface area (TPSA) is 21.3 Å². The Morgan fingerprint density at radius 2 is 2.15 bits per heavy atom.